The SMILES string of the molecule is COCC(=O)N1C2CCCC[C@H]2NC2=C(C(=O)NC2)[C@H]1c1cccc2cc(C)[nH]c12. The van der Waals surface area contributed by atoms with Crippen LogP contribution >= 0.6 is 0 Å². The Morgan fingerprint density at radius 2 is 2.10 bits per heavy atom. The quantitative estimate of drug-likeness (QED) is 0.727. The van der Waals surface area contributed by atoms with Gasteiger partial charge in [0.1, 0.15) is 6.61 Å². The first-order valence-electron chi connectivity index (χ1n) is 10.7. The zero-order chi connectivity index (χ0) is 20.8. The number of amides is 2. The van der Waals surface area contributed by atoms with Crippen LogP contribution in [-0.2, 0) is 14.3 Å². The second-order valence-corrected chi connectivity index (χ2v) is 8.58. The molecule has 0 radical (unpaired) electrons. The zero-order valence-electron chi connectivity index (χ0n) is 17.5. The lowest BCUT2D eigenvalue weighted by molar-refractivity contribution is -0.141. The molecule has 2 aromatic rings. The molecule has 1 aromatic heterocycles. The Morgan fingerprint density at radius 1 is 1.27 bits per heavy atom. The summed E-state index contributed by atoms with van der Waals surface area (Å²) < 4.78 is 5.26. The van der Waals surface area contributed by atoms with Crippen molar-refractivity contribution in [3.63, 3.8) is 0 Å². The fourth-order valence-electron chi connectivity index (χ4n) is 5.46. The van der Waals surface area contributed by atoms with Crippen molar-refractivity contribution in [1.82, 2.24) is 20.5 Å². The van der Waals surface area contributed by atoms with Crippen LogP contribution < -0.4 is 10.6 Å². The van der Waals surface area contributed by atoms with E-state index in [1.165, 1.54) is 0 Å². The van der Waals surface area contributed by atoms with E-state index in [-0.39, 0.29) is 30.5 Å². The third-order valence-corrected chi connectivity index (χ3v) is 6.67. The highest BCUT2D eigenvalue weighted by Gasteiger charge is 2.46. The highest BCUT2D eigenvalue weighted by atomic mass is 16.5. The van der Waals surface area contributed by atoms with Gasteiger partial charge in [0.15, 0.2) is 0 Å². The molecule has 3 heterocycles. The number of hydrogen-bond donors (Lipinski definition) is 3. The monoisotopic (exact) mass is 408 g/mol. The van der Waals surface area contributed by atoms with Gasteiger partial charge in [-0.1, -0.05) is 31.0 Å². The van der Waals surface area contributed by atoms with Gasteiger partial charge in [0.05, 0.1) is 29.7 Å². The van der Waals surface area contributed by atoms with E-state index in [1.807, 2.05) is 24.0 Å². The lowest BCUT2D eigenvalue weighted by Gasteiger charge is -2.42. The summed E-state index contributed by atoms with van der Waals surface area (Å²) in [6.07, 6.45) is 4.12. The first kappa shape index (κ1) is 19.2. The van der Waals surface area contributed by atoms with Crippen LogP contribution in [0.2, 0.25) is 0 Å². The van der Waals surface area contributed by atoms with Gasteiger partial charge in [0, 0.05) is 35.5 Å². The number of para-hydroxylation sites is 1. The minimum Gasteiger partial charge on any atom is -0.382 e. The maximum atomic E-state index is 13.4. The molecule has 0 spiro atoms. The van der Waals surface area contributed by atoms with Crippen LogP contribution in [0.1, 0.15) is 43.0 Å². The van der Waals surface area contributed by atoms with Crippen molar-refractivity contribution in [3.8, 4) is 0 Å². The number of methoxy groups -OCH3 is 1. The minimum atomic E-state index is -0.451. The number of carbonyl (C=O) groups is 2. The van der Waals surface area contributed by atoms with Crippen LogP contribution in [0, 0.1) is 6.92 Å². The molecule has 5 rings (SSSR count). The summed E-state index contributed by atoms with van der Waals surface area (Å²) >= 11 is 0. The molecule has 1 aromatic carbocycles. The molecule has 158 valence electrons. The molecule has 2 amide bonds. The first-order valence-corrected chi connectivity index (χ1v) is 10.7. The van der Waals surface area contributed by atoms with Crippen molar-refractivity contribution >= 4 is 22.7 Å². The van der Waals surface area contributed by atoms with Crippen molar-refractivity contribution in [3.05, 3.63) is 46.8 Å². The van der Waals surface area contributed by atoms with Crippen molar-refractivity contribution in [1.29, 1.82) is 0 Å². The van der Waals surface area contributed by atoms with Gasteiger partial charge in [0.25, 0.3) is 5.91 Å². The molecule has 0 saturated heterocycles. The van der Waals surface area contributed by atoms with Gasteiger partial charge < -0.3 is 25.3 Å². The average Bonchev–Trinajstić information content (AvgIpc) is 3.24. The van der Waals surface area contributed by atoms with Gasteiger partial charge in [-0.15, -0.1) is 0 Å². The summed E-state index contributed by atoms with van der Waals surface area (Å²) in [5.74, 6) is -0.174. The minimum absolute atomic E-state index is 0.00365. The molecule has 30 heavy (non-hydrogen) atoms. The molecule has 3 N–H and O–H groups in total. The first-order chi connectivity index (χ1) is 14.6. The molecule has 7 heteroatoms. The number of benzene rings is 1. The van der Waals surface area contributed by atoms with E-state index in [0.717, 1.165) is 53.5 Å². The Balaban J connectivity index is 1.74. The number of H-pyrrole nitrogens is 1. The van der Waals surface area contributed by atoms with Crippen molar-refractivity contribution < 1.29 is 14.3 Å². The van der Waals surface area contributed by atoms with Crippen LogP contribution in [0.4, 0.5) is 0 Å². The Morgan fingerprint density at radius 3 is 2.93 bits per heavy atom. The summed E-state index contributed by atoms with van der Waals surface area (Å²) in [4.78, 5) is 31.9. The number of aryl methyl sites for hydroxylation is 1. The maximum Gasteiger partial charge on any atom is 0.251 e. The molecule has 3 atom stereocenters. The van der Waals surface area contributed by atoms with Crippen LogP contribution in [0.5, 0.6) is 0 Å². The zero-order valence-corrected chi connectivity index (χ0v) is 17.5. The summed E-state index contributed by atoms with van der Waals surface area (Å²) in [7, 11) is 1.54. The normalized spacial score (nSPS) is 26.1. The summed E-state index contributed by atoms with van der Waals surface area (Å²) in [6.45, 7) is 2.51. The number of ether oxygens (including phenoxy) is 1. The van der Waals surface area contributed by atoms with Crippen LogP contribution in [0.25, 0.3) is 10.9 Å². The molecule has 3 aliphatic rings. The van der Waals surface area contributed by atoms with E-state index in [4.69, 9.17) is 4.74 Å². The second-order valence-electron chi connectivity index (χ2n) is 8.58. The van der Waals surface area contributed by atoms with Crippen LogP contribution in [0.15, 0.2) is 35.5 Å². The highest BCUT2D eigenvalue weighted by Crippen LogP contribution is 2.42. The second kappa shape index (κ2) is 7.47. The van der Waals surface area contributed by atoms with Gasteiger partial charge in [-0.3, -0.25) is 9.59 Å². The lowest BCUT2D eigenvalue weighted by atomic mass is 9.87. The average molecular weight is 409 g/mol. The van der Waals surface area contributed by atoms with Gasteiger partial charge in [-0.2, -0.15) is 0 Å². The van der Waals surface area contributed by atoms with E-state index in [9.17, 15) is 9.59 Å². The fourth-order valence-corrected chi connectivity index (χ4v) is 5.46. The number of carbonyl (C=O) groups excluding carboxylic acids is 2. The smallest absolute Gasteiger partial charge is 0.251 e. The van der Waals surface area contributed by atoms with Gasteiger partial charge in [-0.05, 0) is 25.8 Å². The summed E-state index contributed by atoms with van der Waals surface area (Å²) in [5.41, 5.74) is 4.58. The molecule has 0 bridgehead atoms. The van der Waals surface area contributed by atoms with E-state index in [1.54, 1.807) is 7.11 Å². The van der Waals surface area contributed by atoms with E-state index < -0.39 is 6.04 Å². The molecule has 7 nitrogen and oxygen atoms in total. The molecular weight excluding hydrogens is 380 g/mol. The molecule has 1 saturated carbocycles. The molecule has 1 unspecified atom stereocenters. The maximum absolute atomic E-state index is 13.4. The predicted octanol–water partition coefficient (Wildman–Crippen LogP) is 2.29. The summed E-state index contributed by atoms with van der Waals surface area (Å²) in [5, 5.41) is 7.70. The summed E-state index contributed by atoms with van der Waals surface area (Å²) in [6, 6.07) is 7.92. The number of rotatable bonds is 3. The molecular formula is C23H28N4O3. The Kier molecular flexibility index (Phi) is 4.77. The lowest BCUT2D eigenvalue weighted by Crippen LogP contribution is -2.54. The highest BCUT2D eigenvalue weighted by molar-refractivity contribution is 6.00. The largest absolute Gasteiger partial charge is 0.382 e. The van der Waals surface area contributed by atoms with E-state index in [2.05, 4.69) is 27.8 Å². The van der Waals surface area contributed by atoms with Gasteiger partial charge in [-0.25, -0.2) is 0 Å². The number of aromatic nitrogens is 1. The molecule has 1 aliphatic carbocycles. The Labute approximate surface area is 175 Å². The van der Waals surface area contributed by atoms with Gasteiger partial charge >= 0.3 is 0 Å². The number of nitrogens with one attached hydrogen (secondary N) is 3. The fraction of sp³-hybridized carbons (Fsp3) is 0.478. The molecule has 1 fully saturated rings. The Hall–Kier alpha value is -2.80. The number of hydrogen-bond acceptors (Lipinski definition) is 4. The van der Waals surface area contributed by atoms with E-state index in [0.29, 0.717) is 12.1 Å². The van der Waals surface area contributed by atoms with Crippen molar-refractivity contribution in [2.45, 2.75) is 50.7 Å². The van der Waals surface area contributed by atoms with Crippen molar-refractivity contribution in [2.75, 3.05) is 20.3 Å². The standard InChI is InChI=1S/C23H28N4O3/c1-13-10-14-6-5-7-15(21(14)25-13)22-20-17(11-24-23(20)29)26-16-8-3-4-9-18(16)27(22)19(28)12-30-2/h5-7,10,16,18,22,25-26H,3-4,8-9,11-12H2,1-2H3,(H,24,29)/t16-,18?,22-/m1/s1. The topological polar surface area (TPSA) is 86.5 Å². The van der Waals surface area contributed by atoms with Crippen molar-refractivity contribution in [2.24, 2.45) is 0 Å². The van der Waals surface area contributed by atoms with E-state index >= 15 is 0 Å². The number of fused-ring (bicyclic) bond motifs is 2. The number of aromatic amines is 1. The molecule has 2 aliphatic heterocycles. The third-order valence-electron chi connectivity index (χ3n) is 6.67. The predicted molar refractivity (Wildman–Crippen MR) is 114 cm³/mol. The van der Waals surface area contributed by atoms with Crippen LogP contribution in [0.3, 0.4) is 0 Å². The van der Waals surface area contributed by atoms with Gasteiger partial charge in [0.2, 0.25) is 5.91 Å². The third kappa shape index (κ3) is 2.99. The number of nitrogens with zero attached hydrogens (tertiary/aromatic N) is 1. The van der Waals surface area contributed by atoms with Crippen LogP contribution in [-0.4, -0.2) is 54.0 Å². The Bertz CT molecular complexity index is 1040.